The van der Waals surface area contributed by atoms with E-state index in [2.05, 4.69) is 15.3 Å². The van der Waals surface area contributed by atoms with Gasteiger partial charge in [-0.05, 0) is 0 Å². The fraction of sp³-hybridized carbons (Fsp3) is 0.500. The highest BCUT2D eigenvalue weighted by Gasteiger charge is 2.05. The number of nitrogens with one attached hydrogen (secondary N) is 2. The van der Waals surface area contributed by atoms with Crippen LogP contribution in [0.25, 0.3) is 0 Å². The Balaban J connectivity index is 2.32. The van der Waals surface area contributed by atoms with Gasteiger partial charge in [-0.25, -0.2) is 4.98 Å². The summed E-state index contributed by atoms with van der Waals surface area (Å²) in [5.74, 6) is 0.0949. The highest BCUT2D eigenvalue weighted by molar-refractivity contribution is 5.77. The number of aromatic amines is 1. The van der Waals surface area contributed by atoms with Crippen molar-refractivity contribution in [3.63, 3.8) is 0 Å². The molecular formula is C8H13N3O. The number of nitrogens with zero attached hydrogens (tertiary/aromatic N) is 1. The summed E-state index contributed by atoms with van der Waals surface area (Å²) < 4.78 is 0. The van der Waals surface area contributed by atoms with E-state index in [-0.39, 0.29) is 11.8 Å². The number of hydrogen-bond acceptors (Lipinski definition) is 2. The summed E-state index contributed by atoms with van der Waals surface area (Å²) >= 11 is 0. The third kappa shape index (κ3) is 2.38. The van der Waals surface area contributed by atoms with E-state index in [1.54, 1.807) is 12.5 Å². The maximum absolute atomic E-state index is 11.1. The van der Waals surface area contributed by atoms with Gasteiger partial charge in [0.2, 0.25) is 5.91 Å². The minimum atomic E-state index is 0.0351. The van der Waals surface area contributed by atoms with E-state index in [4.69, 9.17) is 0 Å². The predicted molar refractivity (Wildman–Crippen MR) is 45.3 cm³/mol. The first kappa shape index (κ1) is 8.77. The topological polar surface area (TPSA) is 57.8 Å². The fourth-order valence-electron chi connectivity index (χ4n) is 0.768. The van der Waals surface area contributed by atoms with Gasteiger partial charge in [-0.1, -0.05) is 13.8 Å². The molecule has 66 valence electrons. The number of aromatic nitrogens is 2. The van der Waals surface area contributed by atoms with Crippen LogP contribution < -0.4 is 5.32 Å². The molecule has 4 heteroatoms. The molecule has 0 aliphatic heterocycles. The van der Waals surface area contributed by atoms with E-state index in [0.717, 1.165) is 5.69 Å². The van der Waals surface area contributed by atoms with Crippen LogP contribution in [0.2, 0.25) is 0 Å². The molecule has 0 fully saturated rings. The zero-order valence-corrected chi connectivity index (χ0v) is 7.29. The van der Waals surface area contributed by atoms with E-state index in [9.17, 15) is 4.79 Å². The molecule has 1 aromatic rings. The molecule has 0 aromatic carbocycles. The Morgan fingerprint density at radius 1 is 1.75 bits per heavy atom. The van der Waals surface area contributed by atoms with E-state index < -0.39 is 0 Å². The second kappa shape index (κ2) is 3.90. The Morgan fingerprint density at radius 3 is 3.00 bits per heavy atom. The molecule has 1 rings (SSSR count). The van der Waals surface area contributed by atoms with Gasteiger partial charge in [-0.3, -0.25) is 4.79 Å². The maximum atomic E-state index is 11.1. The van der Waals surface area contributed by atoms with E-state index in [1.807, 2.05) is 13.8 Å². The average Bonchev–Trinajstić information content (AvgIpc) is 2.51. The molecule has 1 heterocycles. The smallest absolute Gasteiger partial charge is 0.222 e. The molecular weight excluding hydrogens is 154 g/mol. The zero-order chi connectivity index (χ0) is 8.97. The van der Waals surface area contributed by atoms with Crippen molar-refractivity contribution < 1.29 is 4.79 Å². The highest BCUT2D eigenvalue weighted by atomic mass is 16.1. The summed E-state index contributed by atoms with van der Waals surface area (Å²) in [6, 6.07) is 0. The van der Waals surface area contributed by atoms with Crippen molar-refractivity contribution >= 4 is 5.91 Å². The van der Waals surface area contributed by atoms with Crippen molar-refractivity contribution in [2.24, 2.45) is 5.92 Å². The van der Waals surface area contributed by atoms with Crippen LogP contribution in [0.4, 0.5) is 0 Å². The van der Waals surface area contributed by atoms with Gasteiger partial charge < -0.3 is 10.3 Å². The van der Waals surface area contributed by atoms with E-state index in [1.165, 1.54) is 0 Å². The Hall–Kier alpha value is -1.32. The molecule has 1 amide bonds. The van der Waals surface area contributed by atoms with Crippen LogP contribution in [0.15, 0.2) is 12.5 Å². The number of carbonyl (C=O) groups excluding carboxylic acids is 1. The van der Waals surface area contributed by atoms with Crippen LogP contribution in [-0.4, -0.2) is 15.9 Å². The first-order valence-electron chi connectivity index (χ1n) is 3.95. The standard InChI is InChI=1S/C8H13N3O/c1-6(2)8(12)10-4-7-3-9-5-11-7/h3,5-6H,4H2,1-2H3,(H,9,11)(H,10,12). The molecule has 0 radical (unpaired) electrons. The van der Waals surface area contributed by atoms with Gasteiger partial charge in [-0.15, -0.1) is 0 Å². The SMILES string of the molecule is CC(C)C(=O)NCc1cnc[nH]1. The molecule has 0 aliphatic rings. The van der Waals surface area contributed by atoms with Crippen LogP contribution >= 0.6 is 0 Å². The van der Waals surface area contributed by atoms with Crippen LogP contribution in [0.1, 0.15) is 19.5 Å². The minimum absolute atomic E-state index is 0.0351. The van der Waals surface area contributed by atoms with Crippen molar-refractivity contribution in [3.05, 3.63) is 18.2 Å². The van der Waals surface area contributed by atoms with Crippen molar-refractivity contribution in [1.29, 1.82) is 0 Å². The zero-order valence-electron chi connectivity index (χ0n) is 7.29. The van der Waals surface area contributed by atoms with Crippen LogP contribution in [0.3, 0.4) is 0 Å². The molecule has 0 unspecified atom stereocenters. The molecule has 0 saturated heterocycles. The molecule has 0 aliphatic carbocycles. The van der Waals surface area contributed by atoms with Crippen molar-refractivity contribution in [2.75, 3.05) is 0 Å². The average molecular weight is 167 g/mol. The quantitative estimate of drug-likeness (QED) is 0.695. The third-order valence-electron chi connectivity index (χ3n) is 1.53. The van der Waals surface area contributed by atoms with Gasteiger partial charge in [0.05, 0.1) is 18.6 Å². The molecule has 0 bridgehead atoms. The van der Waals surface area contributed by atoms with Crippen molar-refractivity contribution in [1.82, 2.24) is 15.3 Å². The lowest BCUT2D eigenvalue weighted by molar-refractivity contribution is -0.124. The van der Waals surface area contributed by atoms with Crippen LogP contribution in [-0.2, 0) is 11.3 Å². The van der Waals surface area contributed by atoms with Gasteiger partial charge >= 0.3 is 0 Å². The van der Waals surface area contributed by atoms with Crippen LogP contribution in [0.5, 0.6) is 0 Å². The number of rotatable bonds is 3. The Labute approximate surface area is 71.4 Å². The second-order valence-corrected chi connectivity index (χ2v) is 2.95. The molecule has 0 spiro atoms. The number of H-pyrrole nitrogens is 1. The highest BCUT2D eigenvalue weighted by Crippen LogP contribution is 1.93. The van der Waals surface area contributed by atoms with E-state index in [0.29, 0.717) is 6.54 Å². The predicted octanol–water partition coefficient (Wildman–Crippen LogP) is 0.682. The molecule has 0 saturated carbocycles. The minimum Gasteiger partial charge on any atom is -0.350 e. The largest absolute Gasteiger partial charge is 0.350 e. The summed E-state index contributed by atoms with van der Waals surface area (Å²) in [4.78, 5) is 17.8. The second-order valence-electron chi connectivity index (χ2n) is 2.95. The Bertz CT molecular complexity index is 241. The molecule has 2 N–H and O–H groups in total. The van der Waals surface area contributed by atoms with E-state index >= 15 is 0 Å². The third-order valence-corrected chi connectivity index (χ3v) is 1.53. The molecule has 1 aromatic heterocycles. The molecule has 4 nitrogen and oxygen atoms in total. The van der Waals surface area contributed by atoms with Gasteiger partial charge in [-0.2, -0.15) is 0 Å². The number of amides is 1. The van der Waals surface area contributed by atoms with Gasteiger partial charge in [0.1, 0.15) is 0 Å². The van der Waals surface area contributed by atoms with Gasteiger partial charge in [0.25, 0.3) is 0 Å². The normalized spacial score (nSPS) is 10.2. The van der Waals surface area contributed by atoms with Crippen molar-refractivity contribution in [2.45, 2.75) is 20.4 Å². The van der Waals surface area contributed by atoms with Gasteiger partial charge in [0.15, 0.2) is 0 Å². The summed E-state index contributed by atoms with van der Waals surface area (Å²) in [5, 5.41) is 2.77. The molecule has 0 atom stereocenters. The first-order chi connectivity index (χ1) is 5.70. The monoisotopic (exact) mass is 167 g/mol. The maximum Gasteiger partial charge on any atom is 0.222 e. The van der Waals surface area contributed by atoms with Crippen molar-refractivity contribution in [3.8, 4) is 0 Å². The number of hydrogen-bond donors (Lipinski definition) is 2. The Kier molecular flexibility index (Phi) is 2.85. The van der Waals surface area contributed by atoms with Gasteiger partial charge in [0, 0.05) is 12.1 Å². The number of carbonyl (C=O) groups is 1. The summed E-state index contributed by atoms with van der Waals surface area (Å²) in [7, 11) is 0. The lowest BCUT2D eigenvalue weighted by Gasteiger charge is -2.05. The summed E-state index contributed by atoms with van der Waals surface area (Å²) in [6.07, 6.45) is 3.29. The fourth-order valence-corrected chi connectivity index (χ4v) is 0.768. The lowest BCUT2D eigenvalue weighted by atomic mass is 10.2. The summed E-state index contributed by atoms with van der Waals surface area (Å²) in [5.41, 5.74) is 0.920. The summed E-state index contributed by atoms with van der Waals surface area (Å²) in [6.45, 7) is 4.25. The molecule has 12 heavy (non-hydrogen) atoms. The Morgan fingerprint density at radius 2 is 2.50 bits per heavy atom. The number of imidazole rings is 1. The lowest BCUT2D eigenvalue weighted by Crippen LogP contribution is -2.27. The van der Waals surface area contributed by atoms with Crippen LogP contribution in [0, 0.1) is 5.92 Å². The first-order valence-corrected chi connectivity index (χ1v) is 3.95.